The normalized spacial score (nSPS) is 10.8. The number of aromatic hydroxyl groups is 1. The number of fused-ring (bicyclic) bond motifs is 1. The van der Waals surface area contributed by atoms with Crippen LogP contribution in [0.2, 0.25) is 0 Å². The van der Waals surface area contributed by atoms with Gasteiger partial charge in [-0.2, -0.15) is 5.26 Å². The number of nitrogens with one attached hydrogen (secondary N) is 1. The van der Waals surface area contributed by atoms with E-state index in [9.17, 15) is 9.90 Å². The van der Waals surface area contributed by atoms with Gasteiger partial charge in [0.1, 0.15) is 6.42 Å². The molecule has 0 saturated heterocycles. The summed E-state index contributed by atoms with van der Waals surface area (Å²) in [6, 6.07) is 8.78. The Balaban J connectivity index is 2.39. The molecule has 84 valence electrons. The number of aromatic amines is 1. The summed E-state index contributed by atoms with van der Waals surface area (Å²) < 4.78 is 0. The van der Waals surface area contributed by atoms with Crippen molar-refractivity contribution in [1.29, 1.82) is 5.26 Å². The van der Waals surface area contributed by atoms with Crippen LogP contribution in [-0.4, -0.2) is 16.0 Å². The van der Waals surface area contributed by atoms with E-state index in [0.717, 1.165) is 0 Å². The number of nitrogens with zero attached hydrogens (tertiary/aromatic N) is 3. The Kier molecular flexibility index (Phi) is 2.83. The highest BCUT2D eigenvalue weighted by atomic mass is 16.3. The summed E-state index contributed by atoms with van der Waals surface area (Å²) in [6.45, 7) is 0. The maximum atomic E-state index is 11.0. The van der Waals surface area contributed by atoms with E-state index in [1.165, 1.54) is 0 Å². The lowest BCUT2D eigenvalue weighted by molar-refractivity contribution is -0.117. The van der Waals surface area contributed by atoms with Gasteiger partial charge >= 0.3 is 0 Å². The second kappa shape index (κ2) is 4.45. The third-order valence-electron chi connectivity index (χ3n) is 2.15. The lowest BCUT2D eigenvalue weighted by Gasteiger charge is -1.89. The summed E-state index contributed by atoms with van der Waals surface area (Å²) >= 11 is 0. The van der Waals surface area contributed by atoms with Gasteiger partial charge in [-0.05, 0) is 6.07 Å². The highest BCUT2D eigenvalue weighted by molar-refractivity contribution is 5.94. The molecule has 0 fully saturated rings. The number of aromatic nitrogens is 1. The molecule has 2 rings (SSSR count). The molecule has 0 aliphatic rings. The van der Waals surface area contributed by atoms with E-state index in [0.29, 0.717) is 10.9 Å². The van der Waals surface area contributed by atoms with E-state index in [4.69, 9.17) is 5.26 Å². The summed E-state index contributed by atoms with van der Waals surface area (Å²) in [5, 5.41) is 25.6. The predicted molar refractivity (Wildman–Crippen MR) is 59.7 cm³/mol. The Morgan fingerprint density at radius 2 is 2.24 bits per heavy atom. The van der Waals surface area contributed by atoms with Gasteiger partial charge in [-0.25, -0.2) is 0 Å². The zero-order chi connectivity index (χ0) is 12.3. The Labute approximate surface area is 96.2 Å². The number of hydrogen-bond donors (Lipinski definition) is 2. The van der Waals surface area contributed by atoms with Gasteiger partial charge in [-0.1, -0.05) is 18.2 Å². The Morgan fingerprint density at radius 1 is 1.47 bits per heavy atom. The van der Waals surface area contributed by atoms with Gasteiger partial charge in [0.2, 0.25) is 5.88 Å². The average Bonchev–Trinajstić information content (AvgIpc) is 2.62. The van der Waals surface area contributed by atoms with Crippen LogP contribution in [0, 0.1) is 11.3 Å². The molecule has 0 unspecified atom stereocenters. The standard InChI is InChI=1S/C11H8N4O2/c12-6-5-9(16)14-15-10-7-3-1-2-4-8(7)13-11(10)17/h1-4,13,17H,5H2. The van der Waals surface area contributed by atoms with E-state index in [2.05, 4.69) is 15.2 Å². The van der Waals surface area contributed by atoms with Crippen molar-refractivity contribution in [2.24, 2.45) is 10.2 Å². The average molecular weight is 228 g/mol. The zero-order valence-corrected chi connectivity index (χ0v) is 8.71. The van der Waals surface area contributed by atoms with Crippen molar-refractivity contribution >= 4 is 22.5 Å². The Bertz CT molecular complexity index is 636. The van der Waals surface area contributed by atoms with Crippen LogP contribution < -0.4 is 0 Å². The number of nitriles is 1. The first-order chi connectivity index (χ1) is 8.22. The molecule has 1 heterocycles. The lowest BCUT2D eigenvalue weighted by Crippen LogP contribution is -1.87. The van der Waals surface area contributed by atoms with E-state index in [1.54, 1.807) is 30.3 Å². The van der Waals surface area contributed by atoms with Crippen molar-refractivity contribution < 1.29 is 9.90 Å². The second-order valence-electron chi connectivity index (χ2n) is 3.30. The highest BCUT2D eigenvalue weighted by Crippen LogP contribution is 2.35. The number of rotatable bonds is 2. The van der Waals surface area contributed by atoms with Gasteiger partial charge < -0.3 is 10.1 Å². The van der Waals surface area contributed by atoms with Gasteiger partial charge in [0.25, 0.3) is 5.91 Å². The predicted octanol–water partition coefficient (Wildman–Crippen LogP) is 2.40. The zero-order valence-electron chi connectivity index (χ0n) is 8.71. The monoisotopic (exact) mass is 228 g/mol. The topological polar surface area (TPSA) is 102 Å². The highest BCUT2D eigenvalue weighted by Gasteiger charge is 2.09. The Hall–Kier alpha value is -2.68. The Morgan fingerprint density at radius 3 is 3.00 bits per heavy atom. The minimum atomic E-state index is -0.641. The summed E-state index contributed by atoms with van der Waals surface area (Å²) in [4.78, 5) is 13.7. The van der Waals surface area contributed by atoms with Crippen LogP contribution in [-0.2, 0) is 4.79 Å². The van der Waals surface area contributed by atoms with Crippen LogP contribution in [0.15, 0.2) is 34.5 Å². The molecule has 6 nitrogen and oxygen atoms in total. The molecule has 2 N–H and O–H groups in total. The fourth-order valence-corrected chi connectivity index (χ4v) is 1.42. The number of para-hydroxylation sites is 1. The van der Waals surface area contributed by atoms with Crippen molar-refractivity contribution in [2.45, 2.75) is 6.42 Å². The molecule has 0 radical (unpaired) electrons. The third kappa shape index (κ3) is 2.13. The molecule has 0 aliphatic carbocycles. The SMILES string of the molecule is N#CCC(=O)N=Nc1c(O)[nH]c2ccccc12. The van der Waals surface area contributed by atoms with Crippen LogP contribution in [0.25, 0.3) is 10.9 Å². The van der Waals surface area contributed by atoms with Crippen molar-refractivity contribution in [3.8, 4) is 11.9 Å². The van der Waals surface area contributed by atoms with Crippen molar-refractivity contribution in [1.82, 2.24) is 4.98 Å². The number of carbonyl (C=O) groups excluding carboxylic acids is 1. The maximum Gasteiger partial charge on any atom is 0.278 e. The van der Waals surface area contributed by atoms with Crippen LogP contribution >= 0.6 is 0 Å². The summed E-state index contributed by atoms with van der Waals surface area (Å²) in [6.07, 6.45) is -0.327. The summed E-state index contributed by atoms with van der Waals surface area (Å²) in [5.74, 6) is -0.795. The molecule has 1 aromatic heterocycles. The summed E-state index contributed by atoms with van der Waals surface area (Å²) in [7, 11) is 0. The molecule has 6 heteroatoms. The lowest BCUT2D eigenvalue weighted by atomic mass is 10.2. The van der Waals surface area contributed by atoms with E-state index in [1.807, 2.05) is 0 Å². The molecular formula is C11H8N4O2. The molecule has 1 aromatic carbocycles. The van der Waals surface area contributed by atoms with Crippen molar-refractivity contribution in [3.63, 3.8) is 0 Å². The van der Waals surface area contributed by atoms with Crippen molar-refractivity contribution in [3.05, 3.63) is 24.3 Å². The van der Waals surface area contributed by atoms with Crippen LogP contribution in [0.5, 0.6) is 5.88 Å². The maximum absolute atomic E-state index is 11.0. The molecule has 0 spiro atoms. The largest absolute Gasteiger partial charge is 0.493 e. The van der Waals surface area contributed by atoms with E-state index in [-0.39, 0.29) is 18.0 Å². The van der Waals surface area contributed by atoms with Gasteiger partial charge in [-0.3, -0.25) is 4.79 Å². The molecule has 0 aliphatic heterocycles. The fourth-order valence-electron chi connectivity index (χ4n) is 1.42. The number of amides is 1. The molecular weight excluding hydrogens is 220 g/mol. The van der Waals surface area contributed by atoms with Crippen LogP contribution in [0.4, 0.5) is 5.69 Å². The quantitative estimate of drug-likeness (QED) is 0.771. The third-order valence-corrected chi connectivity index (χ3v) is 2.15. The second-order valence-corrected chi connectivity index (χ2v) is 3.30. The number of azo groups is 1. The first-order valence-electron chi connectivity index (χ1n) is 4.83. The molecule has 1 amide bonds. The van der Waals surface area contributed by atoms with Gasteiger partial charge in [-0.15, -0.1) is 10.2 Å². The first kappa shape index (κ1) is 10.8. The minimum absolute atomic E-state index is 0.153. The first-order valence-corrected chi connectivity index (χ1v) is 4.83. The van der Waals surface area contributed by atoms with Gasteiger partial charge in [0.05, 0.1) is 11.6 Å². The van der Waals surface area contributed by atoms with E-state index >= 15 is 0 Å². The number of carbonyl (C=O) groups is 1. The molecule has 2 aromatic rings. The van der Waals surface area contributed by atoms with Crippen LogP contribution in [0.3, 0.4) is 0 Å². The van der Waals surface area contributed by atoms with Gasteiger partial charge in [0.15, 0.2) is 5.69 Å². The molecule has 0 saturated carbocycles. The summed E-state index contributed by atoms with van der Waals surface area (Å²) in [5.41, 5.74) is 0.901. The van der Waals surface area contributed by atoms with Gasteiger partial charge in [0, 0.05) is 5.39 Å². The number of hydrogen-bond acceptors (Lipinski definition) is 4. The number of H-pyrrole nitrogens is 1. The smallest absolute Gasteiger partial charge is 0.278 e. The van der Waals surface area contributed by atoms with Crippen molar-refractivity contribution in [2.75, 3.05) is 0 Å². The minimum Gasteiger partial charge on any atom is -0.493 e. The number of benzene rings is 1. The fraction of sp³-hybridized carbons (Fsp3) is 0.0909. The molecule has 17 heavy (non-hydrogen) atoms. The van der Waals surface area contributed by atoms with E-state index < -0.39 is 5.91 Å². The molecule has 0 atom stereocenters. The van der Waals surface area contributed by atoms with Crippen LogP contribution in [0.1, 0.15) is 6.42 Å². The molecule has 0 bridgehead atoms.